The number of fused-ring (bicyclic) bond motifs is 2. The summed E-state index contributed by atoms with van der Waals surface area (Å²) >= 11 is 0. The molecule has 0 radical (unpaired) electrons. The molecule has 1 heteroatoms. The molecule has 0 aliphatic carbocycles. The van der Waals surface area contributed by atoms with Crippen molar-refractivity contribution in [3.8, 4) is 33.4 Å². The SMILES string of the molecule is [2H]c1c([2H])c([2H])c2c(N(c3cccc(-c4cccc5ccccc45)c3)c3ccccc3-c3ccc(-c4ccccc4)cc3)c([2H])c([2H])c([2H])c2c1[2H]. The van der Waals surface area contributed by atoms with E-state index in [2.05, 4.69) is 48.5 Å². The molecule has 0 saturated heterocycles. The quantitative estimate of drug-likeness (QED) is 0.189. The highest BCUT2D eigenvalue weighted by Crippen LogP contribution is 2.44. The molecule has 0 atom stereocenters. The average Bonchev–Trinajstić information content (AvgIpc) is 3.19. The lowest BCUT2D eigenvalue weighted by molar-refractivity contribution is 1.30. The molecule has 0 aliphatic heterocycles. The molecule has 45 heavy (non-hydrogen) atoms. The molecule has 8 aromatic carbocycles. The van der Waals surface area contributed by atoms with Gasteiger partial charge in [-0.05, 0) is 68.2 Å². The third-order valence-electron chi connectivity index (χ3n) is 8.17. The van der Waals surface area contributed by atoms with Gasteiger partial charge in [-0.3, -0.25) is 0 Å². The lowest BCUT2D eigenvalue weighted by atomic mass is 9.96. The maximum absolute atomic E-state index is 9.36. The lowest BCUT2D eigenvalue weighted by Crippen LogP contribution is -2.12. The Hall–Kier alpha value is -5.92. The summed E-state index contributed by atoms with van der Waals surface area (Å²) in [6.45, 7) is 0. The molecule has 0 saturated carbocycles. The van der Waals surface area contributed by atoms with Gasteiger partial charge < -0.3 is 4.90 Å². The number of nitrogens with zero attached hydrogens (tertiary/aromatic N) is 1. The van der Waals surface area contributed by atoms with E-state index in [1.54, 1.807) is 0 Å². The fourth-order valence-corrected chi connectivity index (χ4v) is 6.03. The van der Waals surface area contributed by atoms with Gasteiger partial charge in [-0.1, -0.05) is 164 Å². The Balaban J connectivity index is 1.43. The highest BCUT2D eigenvalue weighted by Gasteiger charge is 2.20. The molecule has 0 aliphatic rings. The van der Waals surface area contributed by atoms with E-state index in [1.807, 2.05) is 102 Å². The van der Waals surface area contributed by atoms with Crippen LogP contribution < -0.4 is 4.90 Å². The van der Waals surface area contributed by atoms with E-state index in [9.17, 15) is 1.37 Å². The molecule has 0 heterocycles. The summed E-state index contributed by atoms with van der Waals surface area (Å²) in [6.07, 6.45) is 0. The van der Waals surface area contributed by atoms with Crippen LogP contribution in [0.5, 0.6) is 0 Å². The Kier molecular flexibility index (Phi) is 5.20. The number of rotatable bonds is 6. The van der Waals surface area contributed by atoms with E-state index in [4.69, 9.17) is 8.22 Å². The van der Waals surface area contributed by atoms with Crippen LogP contribution in [0, 0.1) is 0 Å². The highest BCUT2D eigenvalue weighted by molar-refractivity contribution is 6.02. The van der Waals surface area contributed by atoms with Crippen molar-refractivity contribution in [1.29, 1.82) is 0 Å². The van der Waals surface area contributed by atoms with Crippen LogP contribution in [0.2, 0.25) is 0 Å². The normalized spacial score (nSPS) is 13.3. The van der Waals surface area contributed by atoms with Gasteiger partial charge in [-0.2, -0.15) is 0 Å². The first-order valence-corrected chi connectivity index (χ1v) is 14.9. The Morgan fingerprint density at radius 3 is 1.93 bits per heavy atom. The molecule has 0 aromatic heterocycles. The second-order valence-electron chi connectivity index (χ2n) is 10.8. The van der Waals surface area contributed by atoms with Gasteiger partial charge in [0.2, 0.25) is 0 Å². The summed E-state index contributed by atoms with van der Waals surface area (Å²) in [5.41, 5.74) is 7.14. The van der Waals surface area contributed by atoms with Crippen molar-refractivity contribution in [3.05, 3.63) is 188 Å². The summed E-state index contributed by atoms with van der Waals surface area (Å²) in [4.78, 5) is 1.82. The Labute approximate surface area is 274 Å². The van der Waals surface area contributed by atoms with Gasteiger partial charge in [-0.15, -0.1) is 0 Å². The van der Waals surface area contributed by atoms with Crippen molar-refractivity contribution < 1.29 is 9.60 Å². The van der Waals surface area contributed by atoms with Gasteiger partial charge in [0.15, 0.2) is 0 Å². The third kappa shape index (κ3) is 5.05. The zero-order valence-corrected chi connectivity index (χ0v) is 24.3. The molecule has 0 N–H and O–H groups in total. The van der Waals surface area contributed by atoms with Gasteiger partial charge >= 0.3 is 0 Å². The monoisotopic (exact) mass is 580 g/mol. The number of hydrogen-bond acceptors (Lipinski definition) is 1. The first-order valence-electron chi connectivity index (χ1n) is 18.4. The van der Waals surface area contributed by atoms with Crippen LogP contribution in [-0.2, 0) is 0 Å². The number of para-hydroxylation sites is 1. The summed E-state index contributed by atoms with van der Waals surface area (Å²) in [6, 6.07) is 45.3. The fourth-order valence-electron chi connectivity index (χ4n) is 6.03. The van der Waals surface area contributed by atoms with Crippen LogP contribution in [0.1, 0.15) is 9.60 Å². The van der Waals surface area contributed by atoms with Crippen molar-refractivity contribution in [2.45, 2.75) is 0 Å². The second-order valence-corrected chi connectivity index (χ2v) is 10.8. The fraction of sp³-hybridized carbons (Fsp3) is 0. The van der Waals surface area contributed by atoms with Crippen LogP contribution in [0.15, 0.2) is 188 Å². The van der Waals surface area contributed by atoms with Crippen LogP contribution in [0.25, 0.3) is 54.9 Å². The van der Waals surface area contributed by atoms with E-state index in [-0.39, 0.29) is 28.5 Å². The minimum atomic E-state index is -0.488. The van der Waals surface area contributed by atoms with Crippen molar-refractivity contribution in [1.82, 2.24) is 0 Å². The molecular weight excluding hydrogens is 542 g/mol. The number of benzene rings is 8. The van der Waals surface area contributed by atoms with Gasteiger partial charge in [0.25, 0.3) is 0 Å². The zero-order chi connectivity index (χ0) is 36.1. The number of anilines is 3. The minimum absolute atomic E-state index is 0.0155. The molecule has 8 aromatic rings. The van der Waals surface area contributed by atoms with E-state index in [0.717, 1.165) is 44.2 Å². The van der Waals surface area contributed by atoms with Crippen molar-refractivity contribution in [2.75, 3.05) is 4.90 Å². The van der Waals surface area contributed by atoms with E-state index < -0.39 is 30.2 Å². The molecule has 0 unspecified atom stereocenters. The Morgan fingerprint density at radius 2 is 1.02 bits per heavy atom. The van der Waals surface area contributed by atoms with Gasteiger partial charge in [0.05, 0.1) is 21.0 Å². The van der Waals surface area contributed by atoms with E-state index >= 15 is 0 Å². The number of hydrogen-bond donors (Lipinski definition) is 0. The van der Waals surface area contributed by atoms with E-state index in [1.165, 1.54) is 0 Å². The molecule has 1 nitrogen and oxygen atoms in total. The third-order valence-corrected chi connectivity index (χ3v) is 8.17. The Bertz CT molecular complexity index is 2640. The molecule has 0 bridgehead atoms. The summed E-state index contributed by atoms with van der Waals surface area (Å²) < 4.78 is 62.0. The average molecular weight is 581 g/mol. The van der Waals surface area contributed by atoms with Gasteiger partial charge in [0, 0.05) is 16.6 Å². The Morgan fingerprint density at radius 1 is 0.378 bits per heavy atom. The van der Waals surface area contributed by atoms with Gasteiger partial charge in [-0.25, -0.2) is 0 Å². The zero-order valence-electron chi connectivity index (χ0n) is 31.3. The molecule has 0 spiro atoms. The second kappa shape index (κ2) is 11.6. The van der Waals surface area contributed by atoms with Crippen LogP contribution in [0.4, 0.5) is 17.1 Å². The summed E-state index contributed by atoms with van der Waals surface area (Å²) in [7, 11) is 0. The van der Waals surface area contributed by atoms with Crippen molar-refractivity contribution in [3.63, 3.8) is 0 Å². The maximum atomic E-state index is 9.36. The van der Waals surface area contributed by atoms with Crippen LogP contribution in [0.3, 0.4) is 0 Å². The molecule has 0 fully saturated rings. The standard InChI is InChI=1S/C44H31N/c1-2-13-32(14-3-1)33-27-29-36(30-28-33)42-23-8-9-25-43(42)45(44-26-12-18-35-16-5-7-22-41(35)44)38-20-10-19-37(31-38)40-24-11-17-34-15-4-6-21-39(34)40/h1-31H/i5D,7D,12D,16D,18D,22D,26D. The van der Waals surface area contributed by atoms with E-state index in [0.29, 0.717) is 11.4 Å². The minimum Gasteiger partial charge on any atom is -0.309 e. The molecule has 8 rings (SSSR count). The first kappa shape index (κ1) is 20.1. The smallest absolute Gasteiger partial charge is 0.0645 e. The van der Waals surface area contributed by atoms with Crippen LogP contribution in [-0.4, -0.2) is 0 Å². The summed E-state index contributed by atoms with van der Waals surface area (Å²) in [5.74, 6) is 0. The largest absolute Gasteiger partial charge is 0.309 e. The first-order chi connectivity index (χ1) is 25.2. The maximum Gasteiger partial charge on any atom is 0.0645 e. The van der Waals surface area contributed by atoms with Gasteiger partial charge in [0.1, 0.15) is 0 Å². The molecule has 212 valence electrons. The predicted octanol–water partition coefficient (Wildman–Crippen LogP) is 12.5. The van der Waals surface area contributed by atoms with Crippen molar-refractivity contribution in [2.24, 2.45) is 0 Å². The van der Waals surface area contributed by atoms with Crippen LogP contribution >= 0.6 is 0 Å². The summed E-state index contributed by atoms with van der Waals surface area (Å²) in [5, 5.41) is 2.08. The van der Waals surface area contributed by atoms with Crippen molar-refractivity contribution >= 4 is 38.6 Å². The molecular formula is C44H31N. The lowest BCUT2D eigenvalue weighted by Gasteiger charge is -2.29. The molecule has 0 amide bonds. The predicted molar refractivity (Wildman–Crippen MR) is 192 cm³/mol. The highest BCUT2D eigenvalue weighted by atomic mass is 15.1. The topological polar surface area (TPSA) is 3.24 Å².